The van der Waals surface area contributed by atoms with Crippen molar-refractivity contribution < 1.29 is 5.11 Å². The minimum absolute atomic E-state index is 0.206. The van der Waals surface area contributed by atoms with Gasteiger partial charge in [0.05, 0.1) is 33.1 Å². The van der Waals surface area contributed by atoms with E-state index in [-0.39, 0.29) is 5.75 Å². The number of aliphatic imine (C=N–C) groups is 1. The third-order valence-corrected chi connectivity index (χ3v) is 11.8. The Balaban J connectivity index is 2.47. The largest absolute Gasteiger partial charge is 0.506 e. The molecule has 0 bridgehead atoms. The molecular formula is C25H35Br2NOP+. The Morgan fingerprint density at radius 1 is 0.867 bits per heavy atom. The molecule has 2 nitrogen and oxygen atoms in total. The summed E-state index contributed by atoms with van der Waals surface area (Å²) in [7, 11) is -1.23. The molecule has 2 aromatic carbocycles. The number of rotatable bonds is 12. The molecular weight excluding hydrogens is 521 g/mol. The number of nitrogens with zero attached hydrogens (tertiary/aromatic N) is 1. The fourth-order valence-corrected chi connectivity index (χ4v) is 10.3. The summed E-state index contributed by atoms with van der Waals surface area (Å²) in [5, 5.41) is 11.5. The van der Waals surface area contributed by atoms with Gasteiger partial charge in [0, 0.05) is 19.0 Å². The molecule has 0 atom stereocenters. The zero-order chi connectivity index (χ0) is 22.0. The highest BCUT2D eigenvalue weighted by atomic mass is 79.9. The number of hydrogen-bond acceptors (Lipinski definition) is 2. The van der Waals surface area contributed by atoms with Crippen molar-refractivity contribution in [1.29, 1.82) is 0 Å². The first-order chi connectivity index (χ1) is 14.5. The van der Waals surface area contributed by atoms with Crippen molar-refractivity contribution in [2.75, 3.05) is 18.5 Å². The van der Waals surface area contributed by atoms with Gasteiger partial charge in [-0.05, 0) is 75.4 Å². The standard InChI is InChI=1S/C25H34Br2NOP/c1-4-7-14-30(15-8-5-2,16-9-6-3)24-13-11-10-12-20(24)19-28-21-17-22(26)25(29)23(27)18-21/h10-13,17-19H,4-9,14-16H2,1-3H3/p+1. The second-order valence-electron chi connectivity index (χ2n) is 7.95. The Morgan fingerprint density at radius 3 is 1.87 bits per heavy atom. The molecule has 2 aromatic rings. The maximum absolute atomic E-state index is 9.97. The highest BCUT2D eigenvalue weighted by molar-refractivity contribution is 9.11. The van der Waals surface area contributed by atoms with Crippen LogP contribution in [0.4, 0.5) is 5.69 Å². The average molecular weight is 556 g/mol. The van der Waals surface area contributed by atoms with Crippen molar-refractivity contribution in [2.24, 2.45) is 4.99 Å². The molecule has 0 saturated carbocycles. The smallest absolute Gasteiger partial charge is 0.144 e. The summed E-state index contributed by atoms with van der Waals surface area (Å²) in [6.45, 7) is 6.92. The lowest BCUT2D eigenvalue weighted by Gasteiger charge is -2.29. The third-order valence-electron chi connectivity index (χ3n) is 5.62. The normalized spacial score (nSPS) is 12.0. The fraction of sp³-hybridized carbons (Fsp3) is 0.480. The SMILES string of the molecule is CCCC[P+](CCCC)(CCCC)c1ccccc1C=Nc1cc(Br)c(O)c(Br)c1. The van der Waals surface area contributed by atoms with E-state index in [2.05, 4.69) is 76.9 Å². The number of unbranched alkanes of at least 4 members (excludes halogenated alkanes) is 3. The van der Waals surface area contributed by atoms with Crippen LogP contribution in [0, 0.1) is 0 Å². The van der Waals surface area contributed by atoms with Crippen LogP contribution < -0.4 is 5.30 Å². The van der Waals surface area contributed by atoms with Crippen LogP contribution in [0.25, 0.3) is 0 Å². The molecule has 0 aliphatic carbocycles. The maximum Gasteiger partial charge on any atom is 0.144 e. The van der Waals surface area contributed by atoms with Crippen LogP contribution in [-0.2, 0) is 0 Å². The zero-order valence-electron chi connectivity index (χ0n) is 18.5. The zero-order valence-corrected chi connectivity index (χ0v) is 22.6. The molecule has 164 valence electrons. The predicted molar refractivity (Wildman–Crippen MR) is 143 cm³/mol. The van der Waals surface area contributed by atoms with Gasteiger partial charge in [0.25, 0.3) is 0 Å². The highest BCUT2D eigenvalue weighted by Gasteiger charge is 2.39. The fourth-order valence-electron chi connectivity index (χ4n) is 3.88. The maximum atomic E-state index is 9.97. The second-order valence-corrected chi connectivity index (χ2v) is 13.8. The van der Waals surface area contributed by atoms with E-state index < -0.39 is 7.26 Å². The number of phenolic OH excluding ortho intramolecular Hbond substituents is 1. The van der Waals surface area contributed by atoms with Crippen molar-refractivity contribution >= 4 is 56.3 Å². The molecule has 0 aromatic heterocycles. The Bertz CT molecular complexity index is 793. The summed E-state index contributed by atoms with van der Waals surface area (Å²) in [5.74, 6) is 0.206. The molecule has 5 heteroatoms. The number of hydrogen-bond donors (Lipinski definition) is 1. The summed E-state index contributed by atoms with van der Waals surface area (Å²) in [6.07, 6.45) is 13.8. The first kappa shape index (κ1) is 25.6. The van der Waals surface area contributed by atoms with Gasteiger partial charge in [-0.3, -0.25) is 4.99 Å². The molecule has 0 aliphatic rings. The molecule has 2 rings (SSSR count). The lowest BCUT2D eigenvalue weighted by atomic mass is 10.2. The first-order valence-corrected chi connectivity index (χ1v) is 15.1. The van der Waals surface area contributed by atoms with Gasteiger partial charge in [0.15, 0.2) is 0 Å². The van der Waals surface area contributed by atoms with E-state index in [1.54, 1.807) is 5.30 Å². The minimum atomic E-state index is -1.23. The summed E-state index contributed by atoms with van der Waals surface area (Å²) < 4.78 is 1.29. The molecule has 0 amide bonds. The lowest BCUT2D eigenvalue weighted by molar-refractivity contribution is 0.468. The van der Waals surface area contributed by atoms with Crippen molar-refractivity contribution in [3.63, 3.8) is 0 Å². The van der Waals surface area contributed by atoms with Crippen LogP contribution in [0.5, 0.6) is 5.75 Å². The summed E-state index contributed by atoms with van der Waals surface area (Å²) in [6, 6.07) is 12.6. The molecule has 0 radical (unpaired) electrons. The number of halogens is 2. The topological polar surface area (TPSA) is 32.6 Å². The van der Waals surface area contributed by atoms with Crippen molar-refractivity contribution in [3.8, 4) is 5.75 Å². The van der Waals surface area contributed by atoms with E-state index in [0.717, 1.165) is 5.69 Å². The van der Waals surface area contributed by atoms with Gasteiger partial charge in [-0.15, -0.1) is 0 Å². The van der Waals surface area contributed by atoms with Gasteiger partial charge in [0.2, 0.25) is 0 Å². The monoisotopic (exact) mass is 554 g/mol. The molecule has 0 aliphatic heterocycles. The quantitative estimate of drug-likeness (QED) is 0.206. The molecule has 1 N–H and O–H groups in total. The van der Waals surface area contributed by atoms with Crippen LogP contribution in [0.2, 0.25) is 0 Å². The van der Waals surface area contributed by atoms with Gasteiger partial charge in [-0.2, -0.15) is 0 Å². The minimum Gasteiger partial charge on any atom is -0.506 e. The van der Waals surface area contributed by atoms with Gasteiger partial charge >= 0.3 is 0 Å². The Morgan fingerprint density at radius 2 is 1.37 bits per heavy atom. The van der Waals surface area contributed by atoms with Gasteiger partial charge in [-0.1, -0.05) is 52.2 Å². The third kappa shape index (κ3) is 6.90. The Kier molecular flexibility index (Phi) is 11.1. The van der Waals surface area contributed by atoms with Gasteiger partial charge in [-0.25, -0.2) is 0 Å². The Labute approximate surface area is 200 Å². The van der Waals surface area contributed by atoms with Crippen LogP contribution >= 0.6 is 39.1 Å². The number of aromatic hydroxyl groups is 1. The van der Waals surface area contributed by atoms with Crippen LogP contribution in [0.3, 0.4) is 0 Å². The molecule has 0 unspecified atom stereocenters. The van der Waals surface area contributed by atoms with Gasteiger partial charge < -0.3 is 5.11 Å². The molecule has 0 saturated heterocycles. The summed E-state index contributed by atoms with van der Waals surface area (Å²) in [4.78, 5) is 4.78. The second kappa shape index (κ2) is 13.0. The van der Waals surface area contributed by atoms with Crippen molar-refractivity contribution in [1.82, 2.24) is 0 Å². The highest BCUT2D eigenvalue weighted by Crippen LogP contribution is 2.60. The van der Waals surface area contributed by atoms with Crippen LogP contribution in [0.1, 0.15) is 64.9 Å². The van der Waals surface area contributed by atoms with E-state index in [0.29, 0.717) is 8.95 Å². The average Bonchev–Trinajstić information content (AvgIpc) is 2.76. The van der Waals surface area contributed by atoms with Gasteiger partial charge in [0.1, 0.15) is 11.1 Å². The molecule has 30 heavy (non-hydrogen) atoms. The predicted octanol–water partition coefficient (Wildman–Crippen LogP) is 8.71. The van der Waals surface area contributed by atoms with Crippen molar-refractivity contribution in [3.05, 3.63) is 50.9 Å². The van der Waals surface area contributed by atoms with E-state index >= 15 is 0 Å². The van der Waals surface area contributed by atoms with Crippen LogP contribution in [-0.4, -0.2) is 29.8 Å². The number of phenols is 1. The van der Waals surface area contributed by atoms with E-state index in [9.17, 15) is 5.11 Å². The van der Waals surface area contributed by atoms with E-state index in [1.165, 1.54) is 62.6 Å². The van der Waals surface area contributed by atoms with E-state index in [4.69, 9.17) is 4.99 Å². The molecule has 0 heterocycles. The Hall–Kier alpha value is -0.700. The summed E-state index contributed by atoms with van der Waals surface area (Å²) in [5.41, 5.74) is 2.08. The van der Waals surface area contributed by atoms with Crippen LogP contribution in [0.15, 0.2) is 50.3 Å². The van der Waals surface area contributed by atoms with Crippen molar-refractivity contribution in [2.45, 2.75) is 59.3 Å². The lowest BCUT2D eigenvalue weighted by Crippen LogP contribution is -2.24. The first-order valence-electron chi connectivity index (χ1n) is 11.1. The molecule has 0 spiro atoms. The molecule has 0 fully saturated rings. The number of benzene rings is 2. The van der Waals surface area contributed by atoms with E-state index in [1.807, 2.05) is 18.3 Å². The summed E-state index contributed by atoms with van der Waals surface area (Å²) >= 11 is 6.81.